The molecule has 8 nitrogen and oxygen atoms in total. The minimum Gasteiger partial charge on any atom is -0.451 e. The van der Waals surface area contributed by atoms with E-state index in [9.17, 15) is 18.0 Å². The van der Waals surface area contributed by atoms with Crippen LogP contribution in [-0.4, -0.2) is 49.3 Å². The molecule has 1 aliphatic rings. The Morgan fingerprint density at radius 1 is 1.10 bits per heavy atom. The number of benzene rings is 1. The van der Waals surface area contributed by atoms with Gasteiger partial charge in [0.25, 0.3) is 5.91 Å². The van der Waals surface area contributed by atoms with Crippen molar-refractivity contribution in [3.63, 3.8) is 0 Å². The van der Waals surface area contributed by atoms with Crippen LogP contribution in [0.1, 0.15) is 42.6 Å². The third-order valence-electron chi connectivity index (χ3n) is 5.12. The van der Waals surface area contributed by atoms with Crippen LogP contribution in [-0.2, 0) is 19.6 Å². The van der Waals surface area contributed by atoms with E-state index in [0.717, 1.165) is 32.1 Å². The normalized spacial score (nSPS) is 15.0. The molecule has 160 valence electrons. The largest absolute Gasteiger partial charge is 0.451 e. The number of carbonyl (C=O) groups is 2. The summed E-state index contributed by atoms with van der Waals surface area (Å²) in [6.45, 7) is -0.553. The molecule has 2 aromatic rings. The number of anilines is 1. The highest BCUT2D eigenvalue weighted by Crippen LogP contribution is 2.29. The molecule has 0 unspecified atom stereocenters. The number of esters is 1. The molecule has 1 N–H and O–H groups in total. The maximum Gasteiger partial charge on any atom is 0.357 e. The third kappa shape index (κ3) is 5.22. The fourth-order valence-electron chi connectivity index (χ4n) is 3.47. The predicted octanol–water partition coefficient (Wildman–Crippen LogP) is 2.83. The van der Waals surface area contributed by atoms with Crippen LogP contribution in [0.2, 0.25) is 0 Å². The molecule has 0 aliphatic heterocycles. The van der Waals surface area contributed by atoms with Crippen molar-refractivity contribution < 1.29 is 22.7 Å². The summed E-state index contributed by atoms with van der Waals surface area (Å²) in [6, 6.07) is 10.9. The van der Waals surface area contributed by atoms with Crippen molar-refractivity contribution >= 4 is 27.6 Å². The number of ether oxygens (including phenoxy) is 1. The first kappa shape index (κ1) is 21.9. The van der Waals surface area contributed by atoms with Crippen LogP contribution in [0, 0.1) is 0 Å². The second kappa shape index (κ2) is 9.82. The van der Waals surface area contributed by atoms with Crippen molar-refractivity contribution in [1.82, 2.24) is 9.29 Å². The summed E-state index contributed by atoms with van der Waals surface area (Å²) in [5.74, 6) is -1.37. The number of pyridine rings is 1. The first-order valence-electron chi connectivity index (χ1n) is 9.84. The van der Waals surface area contributed by atoms with Gasteiger partial charge in [-0.25, -0.2) is 18.2 Å². The Balaban J connectivity index is 1.68. The molecule has 0 spiro atoms. The average molecular weight is 432 g/mol. The van der Waals surface area contributed by atoms with Crippen molar-refractivity contribution in [2.75, 3.05) is 19.0 Å². The van der Waals surface area contributed by atoms with Crippen molar-refractivity contribution in [1.29, 1.82) is 0 Å². The summed E-state index contributed by atoms with van der Waals surface area (Å²) in [5.41, 5.74) is 0.237. The molecule has 9 heteroatoms. The Bertz CT molecular complexity index is 989. The lowest BCUT2D eigenvalue weighted by atomic mass is 9.96. The minimum atomic E-state index is -3.79. The van der Waals surface area contributed by atoms with Crippen LogP contribution in [0.15, 0.2) is 53.6 Å². The molecule has 1 heterocycles. The molecule has 0 bridgehead atoms. The topological polar surface area (TPSA) is 106 Å². The molecule has 1 aromatic heterocycles. The molecule has 0 atom stereocenters. The second-order valence-electron chi connectivity index (χ2n) is 7.15. The van der Waals surface area contributed by atoms with Crippen molar-refractivity contribution in [3.8, 4) is 0 Å². The monoisotopic (exact) mass is 431 g/mol. The first-order chi connectivity index (χ1) is 14.4. The van der Waals surface area contributed by atoms with Gasteiger partial charge in [-0.1, -0.05) is 37.5 Å². The van der Waals surface area contributed by atoms with E-state index in [2.05, 4.69) is 10.3 Å². The van der Waals surface area contributed by atoms with E-state index in [1.54, 1.807) is 31.3 Å². The van der Waals surface area contributed by atoms with Gasteiger partial charge in [-0.15, -0.1) is 0 Å². The van der Waals surface area contributed by atoms with Crippen LogP contribution < -0.4 is 5.32 Å². The van der Waals surface area contributed by atoms with Gasteiger partial charge in [0.1, 0.15) is 10.6 Å². The quantitative estimate of drug-likeness (QED) is 0.676. The van der Waals surface area contributed by atoms with E-state index < -0.39 is 28.5 Å². The smallest absolute Gasteiger partial charge is 0.357 e. The van der Waals surface area contributed by atoms with E-state index in [4.69, 9.17) is 4.74 Å². The summed E-state index contributed by atoms with van der Waals surface area (Å²) >= 11 is 0. The van der Waals surface area contributed by atoms with Crippen molar-refractivity contribution in [2.24, 2.45) is 0 Å². The van der Waals surface area contributed by atoms with Crippen LogP contribution >= 0.6 is 0 Å². The molecule has 1 aliphatic carbocycles. The highest BCUT2D eigenvalue weighted by atomic mass is 32.2. The number of nitrogens with zero attached hydrogens (tertiary/aromatic N) is 2. The van der Waals surface area contributed by atoms with Crippen molar-refractivity contribution in [3.05, 3.63) is 54.4 Å². The Labute approximate surface area is 176 Å². The highest BCUT2D eigenvalue weighted by Gasteiger charge is 2.31. The Kier molecular flexibility index (Phi) is 7.17. The van der Waals surface area contributed by atoms with E-state index in [1.165, 1.54) is 28.7 Å². The summed E-state index contributed by atoms with van der Waals surface area (Å²) < 4.78 is 32.7. The number of hydrogen-bond acceptors (Lipinski definition) is 6. The second-order valence-corrected chi connectivity index (χ2v) is 9.11. The van der Waals surface area contributed by atoms with Crippen LogP contribution in [0.4, 0.5) is 5.69 Å². The van der Waals surface area contributed by atoms with Gasteiger partial charge in [-0.05, 0) is 37.1 Å². The van der Waals surface area contributed by atoms with Gasteiger partial charge in [0.15, 0.2) is 6.61 Å². The highest BCUT2D eigenvalue weighted by molar-refractivity contribution is 7.89. The molecule has 1 amide bonds. The molecule has 1 aromatic carbocycles. The molecule has 0 saturated heterocycles. The van der Waals surface area contributed by atoms with E-state index in [-0.39, 0.29) is 22.3 Å². The van der Waals surface area contributed by atoms with Gasteiger partial charge in [0.2, 0.25) is 10.0 Å². The lowest BCUT2D eigenvalue weighted by Gasteiger charge is -2.30. The summed E-state index contributed by atoms with van der Waals surface area (Å²) in [6.07, 6.45) is 6.23. The van der Waals surface area contributed by atoms with E-state index in [0.29, 0.717) is 0 Å². The average Bonchev–Trinajstić information content (AvgIpc) is 2.78. The Morgan fingerprint density at radius 2 is 1.80 bits per heavy atom. The first-order valence-corrected chi connectivity index (χ1v) is 11.3. The van der Waals surface area contributed by atoms with Gasteiger partial charge in [-0.3, -0.25) is 4.79 Å². The Morgan fingerprint density at radius 3 is 2.50 bits per heavy atom. The van der Waals surface area contributed by atoms with Gasteiger partial charge in [0.05, 0.1) is 5.69 Å². The molecular formula is C21H25N3O5S. The zero-order chi connectivity index (χ0) is 21.6. The fraction of sp³-hybridized carbons (Fsp3) is 0.381. The van der Waals surface area contributed by atoms with Crippen molar-refractivity contribution in [2.45, 2.75) is 43.0 Å². The molecule has 30 heavy (non-hydrogen) atoms. The van der Waals surface area contributed by atoms with E-state index >= 15 is 0 Å². The molecule has 1 saturated carbocycles. The van der Waals surface area contributed by atoms with Crippen LogP contribution in [0.3, 0.4) is 0 Å². The maximum atomic E-state index is 13.2. The molecule has 3 rings (SSSR count). The lowest BCUT2D eigenvalue weighted by Crippen LogP contribution is -2.38. The number of nitrogens with one attached hydrogen (secondary N) is 1. The standard InChI is InChI=1S/C21H25N3O5S/c1-24(16-9-3-2-4-10-16)30(27,28)19-13-6-5-11-17(19)23-20(25)15-29-21(26)18-12-7-8-14-22-18/h5-8,11-14,16H,2-4,9-10,15H2,1H3,(H,23,25). The number of amides is 1. The predicted molar refractivity (Wildman–Crippen MR) is 111 cm³/mol. The third-order valence-corrected chi connectivity index (χ3v) is 7.08. The number of sulfonamides is 1. The van der Waals surface area contributed by atoms with Gasteiger partial charge < -0.3 is 10.1 Å². The summed E-state index contributed by atoms with van der Waals surface area (Å²) in [4.78, 5) is 28.1. The molecular weight excluding hydrogens is 406 g/mol. The lowest BCUT2D eigenvalue weighted by molar-refractivity contribution is -0.119. The number of carbonyl (C=O) groups excluding carboxylic acids is 2. The zero-order valence-corrected chi connectivity index (χ0v) is 17.6. The van der Waals surface area contributed by atoms with Gasteiger partial charge in [-0.2, -0.15) is 4.31 Å². The summed E-state index contributed by atoms with van der Waals surface area (Å²) in [7, 11) is -2.21. The van der Waals surface area contributed by atoms with E-state index in [1.807, 2.05) is 0 Å². The minimum absolute atomic E-state index is 0.0162. The summed E-state index contributed by atoms with van der Waals surface area (Å²) in [5, 5.41) is 2.54. The van der Waals surface area contributed by atoms with Gasteiger partial charge in [0, 0.05) is 19.3 Å². The van der Waals surface area contributed by atoms with Gasteiger partial charge >= 0.3 is 5.97 Å². The SMILES string of the molecule is CN(C1CCCCC1)S(=O)(=O)c1ccccc1NC(=O)COC(=O)c1ccccn1. The zero-order valence-electron chi connectivity index (χ0n) is 16.8. The number of hydrogen-bond donors (Lipinski definition) is 1. The molecule has 0 radical (unpaired) electrons. The number of aromatic nitrogens is 1. The fourth-order valence-corrected chi connectivity index (χ4v) is 5.03. The Hall–Kier alpha value is -2.78. The number of para-hydroxylation sites is 1. The van der Waals surface area contributed by atoms with Crippen LogP contribution in [0.5, 0.6) is 0 Å². The van der Waals surface area contributed by atoms with Crippen LogP contribution in [0.25, 0.3) is 0 Å². The number of rotatable bonds is 7. The maximum absolute atomic E-state index is 13.2. The molecule has 1 fully saturated rings.